The second kappa shape index (κ2) is 4.32. The zero-order valence-electron chi connectivity index (χ0n) is 7.56. The number of nitrogens with two attached hydrogens (primary N) is 1. The molecule has 0 fully saturated rings. The standard InChI is InChI=1S/C10H11NO3/c1-2-5-14-9-6-7(10(12)13)3-4-8(9)11/h2-4,6H,1,5,11H2,(H,12,13). The summed E-state index contributed by atoms with van der Waals surface area (Å²) in [4.78, 5) is 10.6. The Labute approximate surface area is 81.6 Å². The lowest BCUT2D eigenvalue weighted by atomic mass is 10.2. The molecule has 0 aromatic heterocycles. The van der Waals surface area contributed by atoms with E-state index in [1.54, 1.807) is 6.08 Å². The molecule has 0 radical (unpaired) electrons. The fraction of sp³-hybridized carbons (Fsp3) is 0.100. The van der Waals surface area contributed by atoms with E-state index < -0.39 is 5.97 Å². The molecule has 4 heteroatoms. The molecule has 1 aromatic rings. The smallest absolute Gasteiger partial charge is 0.335 e. The Bertz CT molecular complexity index is 360. The maximum absolute atomic E-state index is 10.6. The lowest BCUT2D eigenvalue weighted by Gasteiger charge is -2.07. The van der Waals surface area contributed by atoms with E-state index in [1.165, 1.54) is 18.2 Å². The third-order valence-corrected chi connectivity index (χ3v) is 1.62. The summed E-state index contributed by atoms with van der Waals surface area (Å²) in [6.07, 6.45) is 1.56. The van der Waals surface area contributed by atoms with Gasteiger partial charge in [0.05, 0.1) is 11.3 Å². The molecule has 0 aliphatic rings. The zero-order valence-corrected chi connectivity index (χ0v) is 7.56. The molecule has 74 valence electrons. The first-order valence-corrected chi connectivity index (χ1v) is 4.01. The van der Waals surface area contributed by atoms with Crippen LogP contribution in [0.3, 0.4) is 0 Å². The molecule has 0 saturated heterocycles. The first kappa shape index (κ1) is 10.1. The Morgan fingerprint density at radius 2 is 2.36 bits per heavy atom. The van der Waals surface area contributed by atoms with Gasteiger partial charge < -0.3 is 15.6 Å². The quantitative estimate of drug-likeness (QED) is 0.561. The van der Waals surface area contributed by atoms with E-state index in [0.717, 1.165) is 0 Å². The van der Waals surface area contributed by atoms with Gasteiger partial charge in [0, 0.05) is 0 Å². The molecule has 0 aliphatic carbocycles. The molecular weight excluding hydrogens is 182 g/mol. The van der Waals surface area contributed by atoms with E-state index in [4.69, 9.17) is 15.6 Å². The highest BCUT2D eigenvalue weighted by molar-refractivity contribution is 5.89. The number of carbonyl (C=O) groups is 1. The number of benzene rings is 1. The van der Waals surface area contributed by atoms with Crippen molar-refractivity contribution in [1.29, 1.82) is 0 Å². The van der Waals surface area contributed by atoms with Gasteiger partial charge in [0.2, 0.25) is 0 Å². The summed E-state index contributed by atoms with van der Waals surface area (Å²) in [5.41, 5.74) is 6.14. The molecule has 1 rings (SSSR count). The Morgan fingerprint density at radius 1 is 1.64 bits per heavy atom. The Balaban J connectivity index is 2.95. The minimum Gasteiger partial charge on any atom is -0.487 e. The van der Waals surface area contributed by atoms with Gasteiger partial charge in [-0.1, -0.05) is 12.7 Å². The topological polar surface area (TPSA) is 72.5 Å². The fourth-order valence-corrected chi connectivity index (χ4v) is 0.941. The van der Waals surface area contributed by atoms with Crippen molar-refractivity contribution < 1.29 is 14.6 Å². The van der Waals surface area contributed by atoms with Crippen LogP contribution in [0.15, 0.2) is 30.9 Å². The number of carboxylic acid groups (broad SMARTS) is 1. The van der Waals surface area contributed by atoms with Crippen molar-refractivity contribution in [2.45, 2.75) is 0 Å². The molecule has 0 heterocycles. The average molecular weight is 193 g/mol. The molecule has 1 aromatic carbocycles. The van der Waals surface area contributed by atoms with Gasteiger partial charge in [-0.3, -0.25) is 0 Å². The van der Waals surface area contributed by atoms with Crippen molar-refractivity contribution >= 4 is 11.7 Å². The number of hydrogen-bond donors (Lipinski definition) is 2. The van der Waals surface area contributed by atoms with E-state index in [2.05, 4.69) is 6.58 Å². The number of ether oxygens (including phenoxy) is 1. The summed E-state index contributed by atoms with van der Waals surface area (Å²) in [6, 6.07) is 4.32. The van der Waals surface area contributed by atoms with Crippen LogP contribution in [0.4, 0.5) is 5.69 Å². The predicted molar refractivity (Wildman–Crippen MR) is 53.5 cm³/mol. The van der Waals surface area contributed by atoms with Gasteiger partial charge in [-0.2, -0.15) is 0 Å². The van der Waals surface area contributed by atoms with Gasteiger partial charge in [0.1, 0.15) is 12.4 Å². The van der Waals surface area contributed by atoms with Crippen LogP contribution >= 0.6 is 0 Å². The number of carboxylic acids is 1. The lowest BCUT2D eigenvalue weighted by Crippen LogP contribution is -2.01. The number of anilines is 1. The number of rotatable bonds is 4. The highest BCUT2D eigenvalue weighted by Crippen LogP contribution is 2.22. The minimum absolute atomic E-state index is 0.151. The van der Waals surface area contributed by atoms with E-state index in [0.29, 0.717) is 18.0 Å². The van der Waals surface area contributed by atoms with Crippen molar-refractivity contribution in [3.8, 4) is 5.75 Å². The molecule has 0 atom stereocenters. The highest BCUT2D eigenvalue weighted by Gasteiger charge is 2.06. The number of aromatic carboxylic acids is 1. The average Bonchev–Trinajstić information content (AvgIpc) is 2.16. The first-order valence-electron chi connectivity index (χ1n) is 4.01. The molecular formula is C10H11NO3. The van der Waals surface area contributed by atoms with Crippen molar-refractivity contribution in [1.82, 2.24) is 0 Å². The Kier molecular flexibility index (Phi) is 3.12. The van der Waals surface area contributed by atoms with Crippen molar-refractivity contribution in [2.75, 3.05) is 12.3 Å². The van der Waals surface area contributed by atoms with Gasteiger partial charge in [-0.25, -0.2) is 4.79 Å². The summed E-state index contributed by atoms with van der Waals surface area (Å²) in [6.45, 7) is 3.78. The summed E-state index contributed by atoms with van der Waals surface area (Å²) < 4.78 is 5.17. The lowest BCUT2D eigenvalue weighted by molar-refractivity contribution is 0.0696. The Morgan fingerprint density at radius 3 is 2.93 bits per heavy atom. The maximum atomic E-state index is 10.6. The molecule has 0 saturated carbocycles. The molecule has 4 nitrogen and oxygen atoms in total. The number of nitrogen functional groups attached to an aromatic ring is 1. The van der Waals surface area contributed by atoms with Gasteiger partial charge in [-0.05, 0) is 18.2 Å². The predicted octanol–water partition coefficient (Wildman–Crippen LogP) is 1.53. The van der Waals surface area contributed by atoms with Crippen molar-refractivity contribution in [2.24, 2.45) is 0 Å². The van der Waals surface area contributed by atoms with Gasteiger partial charge in [-0.15, -0.1) is 0 Å². The van der Waals surface area contributed by atoms with Crippen LogP contribution in [-0.4, -0.2) is 17.7 Å². The maximum Gasteiger partial charge on any atom is 0.335 e. The second-order valence-electron chi connectivity index (χ2n) is 2.66. The normalized spacial score (nSPS) is 9.43. The molecule has 0 aliphatic heterocycles. The van der Waals surface area contributed by atoms with Crippen LogP contribution in [0.2, 0.25) is 0 Å². The van der Waals surface area contributed by atoms with Crippen molar-refractivity contribution in [3.63, 3.8) is 0 Å². The van der Waals surface area contributed by atoms with Crippen LogP contribution in [0.25, 0.3) is 0 Å². The molecule has 14 heavy (non-hydrogen) atoms. The van der Waals surface area contributed by atoms with Gasteiger partial charge >= 0.3 is 5.97 Å². The van der Waals surface area contributed by atoms with Crippen LogP contribution < -0.4 is 10.5 Å². The Hall–Kier alpha value is -1.97. The second-order valence-corrected chi connectivity index (χ2v) is 2.66. The molecule has 0 amide bonds. The third-order valence-electron chi connectivity index (χ3n) is 1.62. The van der Waals surface area contributed by atoms with E-state index in [1.807, 2.05) is 0 Å². The van der Waals surface area contributed by atoms with Crippen LogP contribution in [0.5, 0.6) is 5.75 Å². The highest BCUT2D eigenvalue weighted by atomic mass is 16.5. The molecule has 0 bridgehead atoms. The molecule has 0 spiro atoms. The van der Waals surface area contributed by atoms with E-state index >= 15 is 0 Å². The van der Waals surface area contributed by atoms with Crippen LogP contribution in [-0.2, 0) is 0 Å². The fourth-order valence-electron chi connectivity index (χ4n) is 0.941. The van der Waals surface area contributed by atoms with Crippen molar-refractivity contribution in [3.05, 3.63) is 36.4 Å². The van der Waals surface area contributed by atoms with E-state index in [-0.39, 0.29) is 5.56 Å². The summed E-state index contributed by atoms with van der Waals surface area (Å²) in [5.74, 6) is -0.641. The van der Waals surface area contributed by atoms with Crippen LogP contribution in [0.1, 0.15) is 10.4 Å². The minimum atomic E-state index is -1.01. The van der Waals surface area contributed by atoms with Gasteiger partial charge in [0.25, 0.3) is 0 Å². The van der Waals surface area contributed by atoms with E-state index in [9.17, 15) is 4.79 Å². The first-order chi connectivity index (χ1) is 6.65. The molecule has 3 N–H and O–H groups in total. The largest absolute Gasteiger partial charge is 0.487 e. The molecule has 0 unspecified atom stereocenters. The SMILES string of the molecule is C=CCOc1cc(C(=O)O)ccc1N. The van der Waals surface area contributed by atoms with Crippen LogP contribution in [0, 0.1) is 0 Å². The van der Waals surface area contributed by atoms with Gasteiger partial charge in [0.15, 0.2) is 0 Å². The summed E-state index contributed by atoms with van der Waals surface area (Å²) >= 11 is 0. The summed E-state index contributed by atoms with van der Waals surface area (Å²) in [7, 11) is 0. The zero-order chi connectivity index (χ0) is 10.6. The third kappa shape index (κ3) is 2.26. The summed E-state index contributed by atoms with van der Waals surface area (Å²) in [5, 5.41) is 8.71. The number of hydrogen-bond acceptors (Lipinski definition) is 3. The monoisotopic (exact) mass is 193 g/mol.